The van der Waals surface area contributed by atoms with Gasteiger partial charge in [-0.05, 0) is 19.4 Å². The Morgan fingerprint density at radius 3 is 2.33 bits per heavy atom. The molecule has 6 heteroatoms. The predicted molar refractivity (Wildman–Crippen MR) is 47.9 cm³/mol. The highest BCUT2D eigenvalue weighted by atomic mass is 31.2. The second kappa shape index (κ2) is 6.57. The van der Waals surface area contributed by atoms with E-state index in [1.807, 2.05) is 0 Å². The Kier molecular flexibility index (Phi) is 6.61. The molecule has 0 aliphatic heterocycles. The van der Waals surface area contributed by atoms with Crippen molar-refractivity contribution in [2.45, 2.75) is 12.8 Å². The highest BCUT2D eigenvalue weighted by Gasteiger charge is 2.18. The first-order valence-electron chi connectivity index (χ1n) is 3.85. The highest BCUT2D eigenvalue weighted by molar-refractivity contribution is 7.51. The zero-order chi connectivity index (χ0) is 9.45. The lowest BCUT2D eigenvalue weighted by Crippen LogP contribution is -2.15. The summed E-state index contributed by atoms with van der Waals surface area (Å²) in [6, 6.07) is 0. The molecule has 0 bridgehead atoms. The standard InChI is InChI=1S/C6H17N2O3P/c1-10-12(9,11-2)8-6-4-3-5-7/h3-7H2,1-2H3,(H,8,9). The molecule has 12 heavy (non-hydrogen) atoms. The maximum Gasteiger partial charge on any atom is 0.404 e. The summed E-state index contributed by atoms with van der Waals surface area (Å²) in [7, 11) is -0.317. The van der Waals surface area contributed by atoms with E-state index in [0.29, 0.717) is 13.1 Å². The van der Waals surface area contributed by atoms with Crippen LogP contribution < -0.4 is 10.8 Å². The summed E-state index contributed by atoms with van der Waals surface area (Å²) in [4.78, 5) is 0. The van der Waals surface area contributed by atoms with Crippen LogP contribution in [0.25, 0.3) is 0 Å². The van der Waals surface area contributed by atoms with Crippen LogP contribution in [0.1, 0.15) is 12.8 Å². The average Bonchev–Trinajstić information content (AvgIpc) is 2.12. The van der Waals surface area contributed by atoms with E-state index in [-0.39, 0.29) is 0 Å². The van der Waals surface area contributed by atoms with Crippen LogP contribution >= 0.6 is 7.75 Å². The van der Waals surface area contributed by atoms with Crippen molar-refractivity contribution in [3.05, 3.63) is 0 Å². The van der Waals surface area contributed by atoms with Gasteiger partial charge in [0.1, 0.15) is 0 Å². The molecule has 0 aromatic carbocycles. The normalized spacial score (nSPS) is 11.9. The number of nitrogens with two attached hydrogens (primary N) is 1. The molecule has 0 aliphatic carbocycles. The van der Waals surface area contributed by atoms with Gasteiger partial charge in [-0.3, -0.25) is 0 Å². The molecule has 0 unspecified atom stereocenters. The number of unbranched alkanes of at least 4 members (excludes halogenated alkanes) is 1. The molecule has 0 aliphatic rings. The van der Waals surface area contributed by atoms with Gasteiger partial charge in [0.15, 0.2) is 0 Å². The number of rotatable bonds is 7. The van der Waals surface area contributed by atoms with Crippen molar-refractivity contribution >= 4 is 7.75 Å². The van der Waals surface area contributed by atoms with Gasteiger partial charge in [-0.1, -0.05) is 0 Å². The minimum absolute atomic E-state index is 0.593. The summed E-state index contributed by atoms with van der Waals surface area (Å²) in [6.45, 7) is 1.24. The van der Waals surface area contributed by atoms with Crippen LogP contribution in [-0.4, -0.2) is 27.3 Å². The maximum atomic E-state index is 11.3. The molecule has 0 fully saturated rings. The van der Waals surface area contributed by atoms with Gasteiger partial charge in [0.05, 0.1) is 0 Å². The minimum Gasteiger partial charge on any atom is -0.330 e. The summed E-state index contributed by atoms with van der Waals surface area (Å²) in [5.74, 6) is 0. The van der Waals surface area contributed by atoms with Crippen LogP contribution in [0.3, 0.4) is 0 Å². The average molecular weight is 196 g/mol. The topological polar surface area (TPSA) is 73.6 Å². The third-order valence-electron chi connectivity index (χ3n) is 1.42. The van der Waals surface area contributed by atoms with E-state index in [2.05, 4.69) is 14.1 Å². The fourth-order valence-electron chi connectivity index (χ4n) is 0.689. The maximum absolute atomic E-state index is 11.3. The van der Waals surface area contributed by atoms with Crippen molar-refractivity contribution < 1.29 is 13.6 Å². The molecule has 5 nitrogen and oxygen atoms in total. The Bertz CT molecular complexity index is 146. The van der Waals surface area contributed by atoms with Gasteiger partial charge in [0.2, 0.25) is 0 Å². The molecule has 0 aromatic heterocycles. The molecule has 0 rings (SSSR count). The molecule has 74 valence electrons. The summed E-state index contributed by atoms with van der Waals surface area (Å²) in [6.07, 6.45) is 1.77. The van der Waals surface area contributed by atoms with Gasteiger partial charge < -0.3 is 14.8 Å². The van der Waals surface area contributed by atoms with Crippen molar-refractivity contribution in [3.8, 4) is 0 Å². The molecule has 0 aromatic rings. The van der Waals surface area contributed by atoms with Crippen LogP contribution in [0.4, 0.5) is 0 Å². The summed E-state index contributed by atoms with van der Waals surface area (Å²) in [5, 5.41) is 2.69. The predicted octanol–water partition coefficient (Wildman–Crippen LogP) is 0.716. The Morgan fingerprint density at radius 1 is 1.33 bits per heavy atom. The van der Waals surface area contributed by atoms with Gasteiger partial charge in [0.25, 0.3) is 0 Å². The van der Waals surface area contributed by atoms with Crippen LogP contribution in [0.5, 0.6) is 0 Å². The molecule has 0 amide bonds. The first kappa shape index (κ1) is 12.1. The molecule has 0 heterocycles. The van der Waals surface area contributed by atoms with Gasteiger partial charge in [-0.25, -0.2) is 9.65 Å². The van der Waals surface area contributed by atoms with Crippen LogP contribution in [-0.2, 0) is 13.6 Å². The van der Waals surface area contributed by atoms with E-state index < -0.39 is 7.75 Å². The van der Waals surface area contributed by atoms with E-state index in [1.54, 1.807) is 0 Å². The van der Waals surface area contributed by atoms with Crippen molar-refractivity contribution in [3.63, 3.8) is 0 Å². The van der Waals surface area contributed by atoms with Gasteiger partial charge in [-0.2, -0.15) is 0 Å². The zero-order valence-corrected chi connectivity index (χ0v) is 8.47. The first-order chi connectivity index (χ1) is 5.68. The van der Waals surface area contributed by atoms with E-state index in [4.69, 9.17) is 5.73 Å². The monoisotopic (exact) mass is 196 g/mol. The third-order valence-corrected chi connectivity index (χ3v) is 2.99. The second-order valence-corrected chi connectivity index (χ2v) is 4.31. The molecular weight excluding hydrogens is 179 g/mol. The molecular formula is C6H17N2O3P. The minimum atomic E-state index is -3.01. The van der Waals surface area contributed by atoms with Crippen LogP contribution in [0.2, 0.25) is 0 Å². The first-order valence-corrected chi connectivity index (χ1v) is 5.39. The molecule has 0 atom stereocenters. The van der Waals surface area contributed by atoms with Gasteiger partial charge in [-0.15, -0.1) is 0 Å². The molecule has 3 N–H and O–H groups in total. The molecule has 0 saturated heterocycles. The fourth-order valence-corrected chi connectivity index (χ4v) is 1.53. The van der Waals surface area contributed by atoms with Gasteiger partial charge >= 0.3 is 7.75 Å². The molecule has 0 radical (unpaired) electrons. The zero-order valence-electron chi connectivity index (χ0n) is 7.58. The smallest absolute Gasteiger partial charge is 0.330 e. The fraction of sp³-hybridized carbons (Fsp3) is 1.00. The van der Waals surface area contributed by atoms with E-state index >= 15 is 0 Å². The summed E-state index contributed by atoms with van der Waals surface area (Å²) >= 11 is 0. The van der Waals surface area contributed by atoms with Crippen LogP contribution in [0, 0.1) is 0 Å². The van der Waals surface area contributed by atoms with Crippen LogP contribution in [0.15, 0.2) is 0 Å². The van der Waals surface area contributed by atoms with Gasteiger partial charge in [0, 0.05) is 20.8 Å². The van der Waals surface area contributed by atoms with E-state index in [1.165, 1.54) is 14.2 Å². The van der Waals surface area contributed by atoms with Crippen molar-refractivity contribution in [2.24, 2.45) is 5.73 Å². The number of hydrogen-bond donors (Lipinski definition) is 2. The van der Waals surface area contributed by atoms with Crippen molar-refractivity contribution in [1.29, 1.82) is 0 Å². The SMILES string of the molecule is COP(=O)(NCCCCN)OC. The number of nitrogens with one attached hydrogen (secondary N) is 1. The van der Waals surface area contributed by atoms with E-state index in [0.717, 1.165) is 12.8 Å². The summed E-state index contributed by atoms with van der Waals surface area (Å²) in [5.41, 5.74) is 5.28. The van der Waals surface area contributed by atoms with E-state index in [9.17, 15) is 4.57 Å². The Morgan fingerprint density at radius 2 is 1.92 bits per heavy atom. The highest BCUT2D eigenvalue weighted by Crippen LogP contribution is 2.40. The quantitative estimate of drug-likeness (QED) is 0.463. The lowest BCUT2D eigenvalue weighted by molar-refractivity contribution is 0.264. The molecule has 0 spiro atoms. The second-order valence-electron chi connectivity index (χ2n) is 2.27. The largest absolute Gasteiger partial charge is 0.404 e. The number of hydrogen-bond acceptors (Lipinski definition) is 4. The summed E-state index contributed by atoms with van der Waals surface area (Å²) < 4.78 is 20.6. The van der Waals surface area contributed by atoms with Crippen molar-refractivity contribution in [1.82, 2.24) is 5.09 Å². The lowest BCUT2D eigenvalue weighted by atomic mass is 10.3. The third kappa shape index (κ3) is 4.85. The Balaban J connectivity index is 3.52. The Labute approximate surface area is 73.2 Å². The molecule has 0 saturated carbocycles. The Hall–Kier alpha value is 0.0700. The van der Waals surface area contributed by atoms with Crippen molar-refractivity contribution in [2.75, 3.05) is 27.3 Å². The lowest BCUT2D eigenvalue weighted by Gasteiger charge is -2.13.